The fourth-order valence-corrected chi connectivity index (χ4v) is 3.63. The van der Waals surface area contributed by atoms with Crippen LogP contribution in [0.2, 0.25) is 0 Å². The Balaban J connectivity index is 2.33. The zero-order chi connectivity index (χ0) is 15.0. The maximum absolute atomic E-state index is 12.5. The number of hydrogen-bond acceptors (Lipinski definition) is 2. The van der Waals surface area contributed by atoms with Crippen LogP contribution in [0.5, 0.6) is 0 Å². The average molecular weight is 285 g/mol. The van der Waals surface area contributed by atoms with E-state index in [1.807, 2.05) is 43.3 Å². The number of aromatic nitrogens is 1. The fraction of sp³-hybridized carbons (Fsp3) is 0.0526. The minimum absolute atomic E-state index is 0.0306. The molecule has 0 aliphatic rings. The van der Waals surface area contributed by atoms with Gasteiger partial charge in [0.25, 0.3) is 0 Å². The molecule has 0 saturated carbocycles. The summed E-state index contributed by atoms with van der Waals surface area (Å²) in [7, 11) is 0. The van der Waals surface area contributed by atoms with E-state index in [0.717, 1.165) is 32.9 Å². The van der Waals surface area contributed by atoms with E-state index >= 15 is 0 Å². The van der Waals surface area contributed by atoms with Crippen molar-refractivity contribution in [3.63, 3.8) is 0 Å². The monoisotopic (exact) mass is 285 g/mol. The van der Waals surface area contributed by atoms with Crippen molar-refractivity contribution in [2.45, 2.75) is 6.92 Å². The summed E-state index contributed by atoms with van der Waals surface area (Å²) in [5.41, 5.74) is 3.36. The summed E-state index contributed by atoms with van der Waals surface area (Å²) in [6.07, 6.45) is 0. The fourth-order valence-electron chi connectivity index (χ4n) is 3.63. The molecular weight excluding hydrogens is 274 g/mol. The molecule has 5 rings (SSSR count). The summed E-state index contributed by atoms with van der Waals surface area (Å²) in [5, 5.41) is 3.25. The van der Waals surface area contributed by atoms with Crippen LogP contribution in [-0.2, 0) is 0 Å². The van der Waals surface area contributed by atoms with Gasteiger partial charge in [0.1, 0.15) is 0 Å². The number of hydrogen-bond donors (Lipinski definition) is 0. The molecule has 104 valence electrons. The third-order valence-electron chi connectivity index (χ3n) is 4.51. The minimum Gasteiger partial charge on any atom is -0.307 e. The molecule has 0 aliphatic heterocycles. The van der Waals surface area contributed by atoms with Crippen LogP contribution in [0.3, 0.4) is 0 Å². The number of pyridine rings is 2. The molecule has 3 aromatic heterocycles. The highest BCUT2D eigenvalue weighted by Gasteiger charge is 2.17. The van der Waals surface area contributed by atoms with Crippen LogP contribution in [0.25, 0.3) is 38.1 Å². The van der Waals surface area contributed by atoms with Gasteiger partial charge < -0.3 is 4.40 Å². The van der Waals surface area contributed by atoms with E-state index in [1.165, 1.54) is 0 Å². The first-order valence-electron chi connectivity index (χ1n) is 7.22. The van der Waals surface area contributed by atoms with Crippen LogP contribution >= 0.6 is 0 Å². The zero-order valence-electron chi connectivity index (χ0n) is 11.9. The molecule has 0 amide bonds. The summed E-state index contributed by atoms with van der Waals surface area (Å²) < 4.78 is 2.05. The summed E-state index contributed by atoms with van der Waals surface area (Å²) in [6.45, 7) is 1.91. The molecule has 2 aromatic carbocycles. The number of benzene rings is 2. The lowest BCUT2D eigenvalue weighted by atomic mass is 10.1. The summed E-state index contributed by atoms with van der Waals surface area (Å²) in [4.78, 5) is 25.1. The van der Waals surface area contributed by atoms with Gasteiger partial charge in [0.05, 0.1) is 16.6 Å². The second-order valence-corrected chi connectivity index (χ2v) is 5.88. The van der Waals surface area contributed by atoms with Crippen molar-refractivity contribution in [3.05, 3.63) is 74.5 Å². The lowest BCUT2D eigenvalue weighted by Crippen LogP contribution is -2.10. The molecule has 0 bridgehead atoms. The topological polar surface area (TPSA) is 38.5 Å². The largest absolute Gasteiger partial charge is 0.307 e. The SMILES string of the molecule is Cc1cc2c(=O)cc3c4ccccc4c4cc(=O)c(c1)c2n34. The van der Waals surface area contributed by atoms with Crippen molar-refractivity contribution in [1.82, 2.24) is 4.40 Å². The minimum atomic E-state index is -0.0306. The molecule has 3 nitrogen and oxygen atoms in total. The number of nitrogens with zero attached hydrogens (tertiary/aromatic N) is 1. The third kappa shape index (κ3) is 1.22. The number of rotatable bonds is 0. The highest BCUT2D eigenvalue weighted by atomic mass is 16.1. The van der Waals surface area contributed by atoms with Crippen LogP contribution in [0, 0.1) is 6.92 Å². The maximum Gasteiger partial charge on any atom is 0.190 e. The third-order valence-corrected chi connectivity index (χ3v) is 4.51. The van der Waals surface area contributed by atoms with Gasteiger partial charge in [-0.2, -0.15) is 0 Å². The van der Waals surface area contributed by atoms with Gasteiger partial charge in [-0.05, 0) is 24.6 Å². The van der Waals surface area contributed by atoms with Crippen molar-refractivity contribution in [1.29, 1.82) is 0 Å². The first-order chi connectivity index (χ1) is 10.6. The Labute approximate surface area is 124 Å². The summed E-state index contributed by atoms with van der Waals surface area (Å²) in [6, 6.07) is 15.0. The predicted molar refractivity (Wildman–Crippen MR) is 89.6 cm³/mol. The molecule has 0 N–H and O–H groups in total. The highest BCUT2D eigenvalue weighted by molar-refractivity contribution is 6.13. The Morgan fingerprint density at radius 3 is 1.73 bits per heavy atom. The van der Waals surface area contributed by atoms with Gasteiger partial charge in [-0.3, -0.25) is 9.59 Å². The first-order valence-corrected chi connectivity index (χ1v) is 7.22. The Kier molecular flexibility index (Phi) is 1.93. The van der Waals surface area contributed by atoms with Gasteiger partial charge in [-0.1, -0.05) is 24.3 Å². The second-order valence-electron chi connectivity index (χ2n) is 5.88. The predicted octanol–water partition coefficient (Wildman–Crippen LogP) is 3.30. The molecular formula is C19H11NO2. The molecule has 0 fully saturated rings. The van der Waals surface area contributed by atoms with E-state index in [1.54, 1.807) is 12.1 Å². The quantitative estimate of drug-likeness (QED) is 0.438. The summed E-state index contributed by atoms with van der Waals surface area (Å²) >= 11 is 0. The van der Waals surface area contributed by atoms with Gasteiger partial charge in [-0.15, -0.1) is 0 Å². The normalized spacial score (nSPS) is 12.2. The standard InChI is InChI=1S/C19H11NO2/c1-10-6-13-17(21)8-15-11-4-2-3-5-12(11)16-9-18(22)14(7-10)19(13)20(15)16/h2-9H,1H3. The Bertz CT molecular complexity index is 1220. The Hall–Kier alpha value is -2.94. The zero-order valence-corrected chi connectivity index (χ0v) is 11.9. The van der Waals surface area contributed by atoms with Gasteiger partial charge in [0.2, 0.25) is 0 Å². The van der Waals surface area contributed by atoms with Crippen molar-refractivity contribution in [2.75, 3.05) is 0 Å². The molecule has 0 spiro atoms. The van der Waals surface area contributed by atoms with Crippen LogP contribution in [0.1, 0.15) is 5.56 Å². The second kappa shape index (κ2) is 3.63. The Morgan fingerprint density at radius 2 is 1.23 bits per heavy atom. The molecule has 0 saturated heterocycles. The van der Waals surface area contributed by atoms with E-state index in [2.05, 4.69) is 4.40 Å². The van der Waals surface area contributed by atoms with E-state index in [4.69, 9.17) is 0 Å². The van der Waals surface area contributed by atoms with Gasteiger partial charge in [0, 0.05) is 33.7 Å². The smallest absolute Gasteiger partial charge is 0.190 e. The van der Waals surface area contributed by atoms with Crippen molar-refractivity contribution >= 4 is 38.1 Å². The van der Waals surface area contributed by atoms with Crippen molar-refractivity contribution in [3.8, 4) is 0 Å². The lowest BCUT2D eigenvalue weighted by molar-refractivity contribution is 1.31. The lowest BCUT2D eigenvalue weighted by Gasteiger charge is -2.08. The molecule has 3 heteroatoms. The van der Waals surface area contributed by atoms with Gasteiger partial charge >= 0.3 is 0 Å². The molecule has 0 aliphatic carbocycles. The molecule has 0 atom stereocenters. The average Bonchev–Trinajstić information content (AvgIpc) is 2.81. The van der Waals surface area contributed by atoms with Gasteiger partial charge in [-0.25, -0.2) is 0 Å². The number of fused-ring (bicyclic) bond motifs is 3. The molecule has 22 heavy (non-hydrogen) atoms. The van der Waals surface area contributed by atoms with Crippen LogP contribution < -0.4 is 10.9 Å². The van der Waals surface area contributed by atoms with E-state index in [9.17, 15) is 9.59 Å². The van der Waals surface area contributed by atoms with Crippen molar-refractivity contribution < 1.29 is 0 Å². The van der Waals surface area contributed by atoms with E-state index < -0.39 is 0 Å². The van der Waals surface area contributed by atoms with E-state index in [0.29, 0.717) is 10.8 Å². The first kappa shape index (κ1) is 11.7. The molecule has 5 aromatic rings. The van der Waals surface area contributed by atoms with Crippen LogP contribution in [0.15, 0.2) is 58.1 Å². The molecule has 0 radical (unpaired) electrons. The number of aryl methyl sites for hydroxylation is 1. The van der Waals surface area contributed by atoms with E-state index in [-0.39, 0.29) is 10.9 Å². The summed E-state index contributed by atoms with van der Waals surface area (Å²) in [5.74, 6) is 0. The van der Waals surface area contributed by atoms with Gasteiger partial charge in [0.15, 0.2) is 10.9 Å². The molecule has 3 heterocycles. The van der Waals surface area contributed by atoms with Crippen LogP contribution in [0.4, 0.5) is 0 Å². The Morgan fingerprint density at radius 1 is 0.727 bits per heavy atom. The molecule has 0 unspecified atom stereocenters. The van der Waals surface area contributed by atoms with Crippen molar-refractivity contribution in [2.24, 2.45) is 0 Å². The van der Waals surface area contributed by atoms with Crippen LogP contribution in [-0.4, -0.2) is 4.40 Å². The highest BCUT2D eigenvalue weighted by Crippen LogP contribution is 2.32. The maximum atomic E-state index is 12.5.